The highest BCUT2D eigenvalue weighted by Crippen LogP contribution is 2.39. The van der Waals surface area contributed by atoms with E-state index in [0.717, 1.165) is 10.9 Å². The summed E-state index contributed by atoms with van der Waals surface area (Å²) in [5.74, 6) is 0.872. The Morgan fingerprint density at radius 3 is 1.82 bits per heavy atom. The lowest BCUT2D eigenvalue weighted by atomic mass is 9.95. The van der Waals surface area contributed by atoms with Crippen molar-refractivity contribution < 1.29 is 0 Å². The van der Waals surface area contributed by atoms with Gasteiger partial charge in [-0.1, -0.05) is 121 Å². The number of aliphatic imine (C=N–C) groups is 1. The largest absolute Gasteiger partial charge is 0.356 e. The molecule has 6 rings (SSSR count). The Kier molecular flexibility index (Phi) is 5.33. The van der Waals surface area contributed by atoms with Crippen molar-refractivity contribution in [2.24, 2.45) is 4.99 Å². The number of nitrogens with zero attached hydrogens (tertiary/aromatic N) is 1. The van der Waals surface area contributed by atoms with Crippen LogP contribution in [0, 0.1) is 0 Å². The van der Waals surface area contributed by atoms with Gasteiger partial charge in [-0.2, -0.15) is 0 Å². The van der Waals surface area contributed by atoms with Crippen LogP contribution in [0.4, 0.5) is 0 Å². The quantitative estimate of drug-likeness (QED) is 0.288. The molecule has 0 amide bonds. The molecule has 2 nitrogen and oxygen atoms in total. The van der Waals surface area contributed by atoms with Gasteiger partial charge in [0.25, 0.3) is 0 Å². The molecule has 1 aliphatic rings. The summed E-state index contributed by atoms with van der Waals surface area (Å²) in [5, 5.41) is 9.96. The third kappa shape index (κ3) is 3.90. The van der Waals surface area contributed by atoms with Crippen LogP contribution in [-0.4, -0.2) is 5.17 Å². The van der Waals surface area contributed by atoms with E-state index in [9.17, 15) is 0 Å². The van der Waals surface area contributed by atoms with Gasteiger partial charge in [-0.05, 0) is 44.3 Å². The highest BCUT2D eigenvalue weighted by atomic mass is 32.2. The molecule has 1 N–H and O–H groups in total. The summed E-state index contributed by atoms with van der Waals surface area (Å²) in [4.78, 5) is 5.16. The zero-order valence-electron chi connectivity index (χ0n) is 18.2. The maximum Gasteiger partial charge on any atom is 0.158 e. The number of hydrogen-bond acceptors (Lipinski definition) is 3. The summed E-state index contributed by atoms with van der Waals surface area (Å²) >= 11 is 1.80. The second-order valence-corrected chi connectivity index (χ2v) is 9.37. The second-order valence-electron chi connectivity index (χ2n) is 8.41. The molecule has 160 valence electrons. The number of rotatable bonds is 4. The average Bonchev–Trinajstić information content (AvgIpc) is 3.32. The van der Waals surface area contributed by atoms with E-state index in [1.165, 1.54) is 38.2 Å². The Labute approximate surface area is 198 Å². The van der Waals surface area contributed by atoms with Crippen molar-refractivity contribution in [3.8, 4) is 0 Å². The van der Waals surface area contributed by atoms with Crippen molar-refractivity contribution in [2.75, 3.05) is 0 Å². The monoisotopic (exact) mass is 444 g/mol. The Bertz CT molecular complexity index is 1390. The lowest BCUT2D eigenvalue weighted by Gasteiger charge is -2.19. The van der Waals surface area contributed by atoms with Crippen LogP contribution in [0.15, 0.2) is 120 Å². The van der Waals surface area contributed by atoms with Gasteiger partial charge in [0, 0.05) is 5.75 Å². The van der Waals surface area contributed by atoms with Gasteiger partial charge in [-0.3, -0.25) is 4.99 Å². The van der Waals surface area contributed by atoms with Crippen LogP contribution in [0.3, 0.4) is 0 Å². The van der Waals surface area contributed by atoms with Gasteiger partial charge in [0.2, 0.25) is 0 Å². The van der Waals surface area contributed by atoms with Crippen molar-refractivity contribution in [1.82, 2.24) is 5.32 Å². The van der Waals surface area contributed by atoms with Crippen LogP contribution in [0.2, 0.25) is 0 Å². The lowest BCUT2D eigenvalue weighted by Crippen LogP contribution is -2.22. The van der Waals surface area contributed by atoms with E-state index in [0.29, 0.717) is 0 Å². The summed E-state index contributed by atoms with van der Waals surface area (Å²) in [7, 11) is 0. The second kappa shape index (κ2) is 8.76. The van der Waals surface area contributed by atoms with Crippen molar-refractivity contribution in [3.05, 3.63) is 132 Å². The average molecular weight is 445 g/mol. The third-order valence-electron chi connectivity index (χ3n) is 6.39. The van der Waals surface area contributed by atoms with Gasteiger partial charge in [-0.25, -0.2) is 0 Å². The molecule has 0 spiro atoms. The van der Waals surface area contributed by atoms with E-state index in [4.69, 9.17) is 4.99 Å². The molecule has 0 saturated heterocycles. The van der Waals surface area contributed by atoms with E-state index >= 15 is 0 Å². The first-order valence-electron chi connectivity index (χ1n) is 11.3. The molecule has 3 heteroatoms. The molecule has 5 aromatic carbocycles. The highest BCUT2D eigenvalue weighted by molar-refractivity contribution is 8.13. The molecule has 0 aromatic heterocycles. The molecule has 0 saturated carbocycles. The Balaban J connectivity index is 1.35. The predicted octanol–water partition coefficient (Wildman–Crippen LogP) is 7.67. The molecule has 2 atom stereocenters. The Hall–Kier alpha value is -3.56. The van der Waals surface area contributed by atoms with Gasteiger partial charge in [-0.15, -0.1) is 0 Å². The fraction of sp³-hybridized carbons (Fsp3) is 0.100. The van der Waals surface area contributed by atoms with Crippen LogP contribution in [0.5, 0.6) is 0 Å². The van der Waals surface area contributed by atoms with Crippen LogP contribution >= 0.6 is 11.8 Å². The zero-order chi connectivity index (χ0) is 22.0. The number of benzene rings is 5. The van der Waals surface area contributed by atoms with Gasteiger partial charge >= 0.3 is 0 Å². The molecule has 0 bridgehead atoms. The van der Waals surface area contributed by atoms with E-state index in [1.54, 1.807) is 11.8 Å². The molecular weight excluding hydrogens is 420 g/mol. The third-order valence-corrected chi connectivity index (χ3v) is 7.32. The maximum absolute atomic E-state index is 5.16. The van der Waals surface area contributed by atoms with Crippen molar-refractivity contribution in [1.29, 1.82) is 0 Å². The summed E-state index contributed by atoms with van der Waals surface area (Å²) in [6.07, 6.45) is 0. The number of fused-ring (bicyclic) bond motifs is 2. The van der Waals surface area contributed by atoms with E-state index < -0.39 is 0 Å². The van der Waals surface area contributed by atoms with Crippen LogP contribution in [0.25, 0.3) is 21.5 Å². The van der Waals surface area contributed by atoms with Crippen LogP contribution < -0.4 is 5.32 Å². The molecule has 0 aliphatic carbocycles. The molecule has 1 aliphatic heterocycles. The number of nitrogens with one attached hydrogen (secondary N) is 1. The highest BCUT2D eigenvalue weighted by Gasteiger charge is 2.31. The maximum atomic E-state index is 5.16. The minimum absolute atomic E-state index is 0.0698. The van der Waals surface area contributed by atoms with Crippen LogP contribution in [0.1, 0.15) is 28.8 Å². The molecule has 0 radical (unpaired) electrons. The number of hydrogen-bond donors (Lipinski definition) is 1. The van der Waals surface area contributed by atoms with Gasteiger partial charge in [0.1, 0.15) is 6.04 Å². The van der Waals surface area contributed by atoms with Crippen LogP contribution in [-0.2, 0) is 5.75 Å². The Morgan fingerprint density at radius 2 is 1.18 bits per heavy atom. The molecule has 1 heterocycles. The van der Waals surface area contributed by atoms with Gasteiger partial charge in [0.05, 0.1) is 6.04 Å². The summed E-state index contributed by atoms with van der Waals surface area (Å²) in [5.41, 5.74) is 3.88. The minimum atomic E-state index is 0.0698. The number of amidine groups is 1. The van der Waals surface area contributed by atoms with Gasteiger partial charge in [0.15, 0.2) is 5.17 Å². The first-order chi connectivity index (χ1) is 16.4. The van der Waals surface area contributed by atoms with E-state index in [1.807, 2.05) is 0 Å². The van der Waals surface area contributed by atoms with E-state index in [-0.39, 0.29) is 12.1 Å². The SMILES string of the molecule is c1ccc(C2N=C(SCc3c4ccccc4cc4ccccc34)NC2c2ccccc2)cc1. The summed E-state index contributed by atoms with van der Waals surface area (Å²) in [6, 6.07) is 41.2. The first-order valence-corrected chi connectivity index (χ1v) is 12.3. The Morgan fingerprint density at radius 1 is 0.636 bits per heavy atom. The predicted molar refractivity (Wildman–Crippen MR) is 142 cm³/mol. The number of thioether (sulfide) groups is 1. The van der Waals surface area contributed by atoms with Crippen molar-refractivity contribution in [3.63, 3.8) is 0 Å². The molecular formula is C30H24N2S. The fourth-order valence-corrected chi connectivity index (χ4v) is 5.77. The molecule has 5 aromatic rings. The van der Waals surface area contributed by atoms with Gasteiger partial charge < -0.3 is 5.32 Å². The standard InChI is InChI=1S/C30H24N2S/c1-3-11-21(12-4-1)28-29(22-13-5-2-6-14-22)32-30(31-28)33-20-27-25-17-9-7-15-23(25)19-24-16-8-10-18-26(24)27/h1-19,28-29H,20H2,(H,31,32). The fourth-order valence-electron chi connectivity index (χ4n) is 4.78. The van der Waals surface area contributed by atoms with E-state index in [2.05, 4.69) is 121 Å². The first kappa shape index (κ1) is 20.1. The summed E-state index contributed by atoms with van der Waals surface area (Å²) in [6.45, 7) is 0. The zero-order valence-corrected chi connectivity index (χ0v) is 19.0. The molecule has 0 fully saturated rings. The van der Waals surface area contributed by atoms with Crippen molar-refractivity contribution >= 4 is 38.5 Å². The molecule has 2 unspecified atom stereocenters. The van der Waals surface area contributed by atoms with Crippen molar-refractivity contribution in [2.45, 2.75) is 17.8 Å². The normalized spacial score (nSPS) is 17.8. The lowest BCUT2D eigenvalue weighted by molar-refractivity contribution is 0.573. The molecule has 33 heavy (non-hydrogen) atoms. The topological polar surface area (TPSA) is 24.4 Å². The summed E-state index contributed by atoms with van der Waals surface area (Å²) < 4.78 is 0. The minimum Gasteiger partial charge on any atom is -0.356 e. The smallest absolute Gasteiger partial charge is 0.158 e.